The Kier molecular flexibility index (Phi) is 5.88. The molecule has 0 saturated heterocycles. The summed E-state index contributed by atoms with van der Waals surface area (Å²) in [5.74, 6) is 0.503. The Hall–Kier alpha value is -3.12. The minimum atomic E-state index is -0.381. The van der Waals surface area contributed by atoms with E-state index in [2.05, 4.69) is 20.6 Å². The molecule has 3 aromatic rings. The zero-order valence-corrected chi connectivity index (χ0v) is 15.7. The second-order valence-corrected chi connectivity index (χ2v) is 6.28. The quantitative estimate of drug-likeness (QED) is 0.653. The summed E-state index contributed by atoms with van der Waals surface area (Å²) < 4.78 is 5.24. The number of nitrogens with zero attached hydrogens (tertiary/aromatic N) is 2. The van der Waals surface area contributed by atoms with Crippen LogP contribution < -0.4 is 15.4 Å². The molecular formula is C20H19ClN4O2. The summed E-state index contributed by atoms with van der Waals surface area (Å²) in [7, 11) is 1.52. The van der Waals surface area contributed by atoms with Crippen molar-refractivity contribution in [3.8, 4) is 5.75 Å². The lowest BCUT2D eigenvalue weighted by Crippen LogP contribution is -2.16. The lowest BCUT2D eigenvalue weighted by Gasteiger charge is -2.14. The van der Waals surface area contributed by atoms with Crippen LogP contribution in [0.15, 0.2) is 60.8 Å². The summed E-state index contributed by atoms with van der Waals surface area (Å²) in [6, 6.07) is 16.5. The van der Waals surface area contributed by atoms with Gasteiger partial charge in [0.1, 0.15) is 11.4 Å². The maximum absolute atomic E-state index is 12.6. The van der Waals surface area contributed by atoms with E-state index >= 15 is 0 Å². The normalized spacial score (nSPS) is 11.5. The van der Waals surface area contributed by atoms with Gasteiger partial charge in [-0.25, -0.2) is 9.97 Å². The summed E-state index contributed by atoms with van der Waals surface area (Å²) in [6.45, 7) is 2.00. The van der Waals surface area contributed by atoms with Crippen LogP contribution in [0, 0.1) is 0 Å². The van der Waals surface area contributed by atoms with E-state index in [0.717, 1.165) is 5.56 Å². The molecule has 27 heavy (non-hydrogen) atoms. The standard InChI is InChI=1S/C20H19ClN4O2/c1-13(14-6-4-3-5-7-14)23-20-22-11-10-16(25-20)19(26)24-17-12-15(21)8-9-18(17)27-2/h3-13H,1-2H3,(H,24,26)(H,22,23,25). The van der Waals surface area contributed by atoms with Crippen LogP contribution in [0.2, 0.25) is 5.02 Å². The van der Waals surface area contributed by atoms with E-state index in [4.69, 9.17) is 16.3 Å². The number of methoxy groups -OCH3 is 1. The lowest BCUT2D eigenvalue weighted by atomic mass is 10.1. The van der Waals surface area contributed by atoms with Crippen molar-refractivity contribution in [3.05, 3.63) is 77.1 Å². The molecule has 0 aliphatic carbocycles. The molecular weight excluding hydrogens is 364 g/mol. The molecule has 2 N–H and O–H groups in total. The van der Waals surface area contributed by atoms with Crippen molar-refractivity contribution < 1.29 is 9.53 Å². The van der Waals surface area contributed by atoms with E-state index in [1.165, 1.54) is 13.3 Å². The Balaban J connectivity index is 1.75. The number of carbonyl (C=O) groups excluding carboxylic acids is 1. The Bertz CT molecular complexity index is 934. The maximum atomic E-state index is 12.6. The molecule has 0 aliphatic rings. The molecule has 3 rings (SSSR count). The Morgan fingerprint density at radius 1 is 1.15 bits per heavy atom. The number of ether oxygens (including phenoxy) is 1. The fraction of sp³-hybridized carbons (Fsp3) is 0.150. The third-order valence-corrected chi connectivity index (χ3v) is 4.18. The number of anilines is 2. The number of hydrogen-bond donors (Lipinski definition) is 2. The topological polar surface area (TPSA) is 76.1 Å². The smallest absolute Gasteiger partial charge is 0.274 e. The van der Waals surface area contributed by atoms with Crippen LogP contribution in [0.5, 0.6) is 5.75 Å². The molecule has 1 amide bonds. The van der Waals surface area contributed by atoms with E-state index < -0.39 is 0 Å². The fourth-order valence-corrected chi connectivity index (χ4v) is 2.71. The highest BCUT2D eigenvalue weighted by atomic mass is 35.5. The van der Waals surface area contributed by atoms with Crippen LogP contribution in [0.4, 0.5) is 11.6 Å². The van der Waals surface area contributed by atoms with Crippen LogP contribution in [0.1, 0.15) is 29.0 Å². The molecule has 0 fully saturated rings. The van der Waals surface area contributed by atoms with Gasteiger partial charge in [-0.2, -0.15) is 0 Å². The van der Waals surface area contributed by atoms with Gasteiger partial charge in [-0.1, -0.05) is 41.9 Å². The minimum absolute atomic E-state index is 0.00228. The van der Waals surface area contributed by atoms with E-state index in [-0.39, 0.29) is 17.6 Å². The minimum Gasteiger partial charge on any atom is -0.495 e. The lowest BCUT2D eigenvalue weighted by molar-refractivity contribution is 0.102. The van der Waals surface area contributed by atoms with Gasteiger partial charge in [-0.15, -0.1) is 0 Å². The van der Waals surface area contributed by atoms with Crippen LogP contribution in [-0.4, -0.2) is 23.0 Å². The van der Waals surface area contributed by atoms with Gasteiger partial charge in [0.05, 0.1) is 18.8 Å². The third-order valence-electron chi connectivity index (χ3n) is 3.94. The highest BCUT2D eigenvalue weighted by molar-refractivity contribution is 6.31. The highest BCUT2D eigenvalue weighted by Gasteiger charge is 2.14. The average Bonchev–Trinajstić information content (AvgIpc) is 2.69. The number of carbonyl (C=O) groups is 1. The van der Waals surface area contributed by atoms with Gasteiger partial charge in [-0.05, 0) is 36.8 Å². The molecule has 138 valence electrons. The predicted octanol–water partition coefficient (Wildman–Crippen LogP) is 4.56. The first-order valence-electron chi connectivity index (χ1n) is 8.36. The molecule has 0 radical (unpaired) electrons. The number of amides is 1. The van der Waals surface area contributed by atoms with Crippen LogP contribution in [-0.2, 0) is 0 Å². The molecule has 1 aromatic heterocycles. The first-order valence-corrected chi connectivity index (χ1v) is 8.74. The van der Waals surface area contributed by atoms with E-state index in [0.29, 0.717) is 22.4 Å². The third kappa shape index (κ3) is 4.74. The highest BCUT2D eigenvalue weighted by Crippen LogP contribution is 2.28. The molecule has 1 heterocycles. The Morgan fingerprint density at radius 2 is 1.93 bits per heavy atom. The molecule has 2 aromatic carbocycles. The zero-order valence-electron chi connectivity index (χ0n) is 14.9. The van der Waals surface area contributed by atoms with E-state index in [9.17, 15) is 4.79 Å². The SMILES string of the molecule is COc1ccc(Cl)cc1NC(=O)c1ccnc(NC(C)c2ccccc2)n1. The molecule has 0 spiro atoms. The number of nitrogens with one attached hydrogen (secondary N) is 2. The van der Waals surface area contributed by atoms with Crippen molar-refractivity contribution in [2.45, 2.75) is 13.0 Å². The van der Waals surface area contributed by atoms with Crippen molar-refractivity contribution in [2.75, 3.05) is 17.7 Å². The second kappa shape index (κ2) is 8.51. The van der Waals surface area contributed by atoms with Crippen LogP contribution in [0.3, 0.4) is 0 Å². The maximum Gasteiger partial charge on any atom is 0.274 e. The largest absolute Gasteiger partial charge is 0.495 e. The summed E-state index contributed by atoms with van der Waals surface area (Å²) in [4.78, 5) is 21.1. The summed E-state index contributed by atoms with van der Waals surface area (Å²) in [5.41, 5.74) is 1.80. The Labute approximate surface area is 162 Å². The van der Waals surface area contributed by atoms with Gasteiger partial charge in [0, 0.05) is 11.2 Å². The van der Waals surface area contributed by atoms with E-state index in [1.54, 1.807) is 24.3 Å². The van der Waals surface area contributed by atoms with Crippen molar-refractivity contribution in [2.24, 2.45) is 0 Å². The van der Waals surface area contributed by atoms with Gasteiger partial charge in [0.15, 0.2) is 0 Å². The zero-order chi connectivity index (χ0) is 19.2. The number of halogens is 1. The van der Waals surface area contributed by atoms with Gasteiger partial charge < -0.3 is 15.4 Å². The van der Waals surface area contributed by atoms with Crippen LogP contribution >= 0.6 is 11.6 Å². The number of aromatic nitrogens is 2. The van der Waals surface area contributed by atoms with Crippen molar-refractivity contribution >= 4 is 29.1 Å². The molecule has 7 heteroatoms. The van der Waals surface area contributed by atoms with Crippen LogP contribution in [0.25, 0.3) is 0 Å². The number of rotatable bonds is 6. The second-order valence-electron chi connectivity index (χ2n) is 5.84. The first-order chi connectivity index (χ1) is 13.1. The average molecular weight is 383 g/mol. The van der Waals surface area contributed by atoms with Crippen molar-refractivity contribution in [1.29, 1.82) is 0 Å². The summed E-state index contributed by atoms with van der Waals surface area (Å²) >= 11 is 6.00. The van der Waals surface area contributed by atoms with E-state index in [1.807, 2.05) is 37.3 Å². The molecule has 6 nitrogen and oxygen atoms in total. The predicted molar refractivity (Wildman–Crippen MR) is 106 cm³/mol. The van der Waals surface area contributed by atoms with Crippen molar-refractivity contribution in [3.63, 3.8) is 0 Å². The summed E-state index contributed by atoms with van der Waals surface area (Å²) in [6.07, 6.45) is 1.54. The molecule has 0 saturated carbocycles. The molecule has 1 unspecified atom stereocenters. The summed E-state index contributed by atoms with van der Waals surface area (Å²) in [5, 5.41) is 6.46. The Morgan fingerprint density at radius 3 is 2.67 bits per heavy atom. The number of hydrogen-bond acceptors (Lipinski definition) is 5. The van der Waals surface area contributed by atoms with Gasteiger partial charge in [-0.3, -0.25) is 4.79 Å². The fourth-order valence-electron chi connectivity index (χ4n) is 2.54. The molecule has 0 aliphatic heterocycles. The van der Waals surface area contributed by atoms with Gasteiger partial charge >= 0.3 is 0 Å². The van der Waals surface area contributed by atoms with Gasteiger partial charge in [0.25, 0.3) is 5.91 Å². The number of benzene rings is 2. The van der Waals surface area contributed by atoms with Gasteiger partial charge in [0.2, 0.25) is 5.95 Å². The monoisotopic (exact) mass is 382 g/mol. The molecule has 0 bridgehead atoms. The first kappa shape index (κ1) is 18.7. The van der Waals surface area contributed by atoms with Crippen molar-refractivity contribution in [1.82, 2.24) is 9.97 Å². The molecule has 1 atom stereocenters.